The summed E-state index contributed by atoms with van der Waals surface area (Å²) in [5.74, 6) is 0.423. The lowest BCUT2D eigenvalue weighted by Crippen LogP contribution is -2.13. The Labute approximate surface area is 187 Å². The fraction of sp³-hybridized carbons (Fsp3) is 0.393. The highest BCUT2D eigenvalue weighted by Gasteiger charge is 2.22. The first-order chi connectivity index (χ1) is 14.6. The molecule has 0 spiro atoms. The molecule has 3 nitrogen and oxygen atoms in total. The minimum absolute atomic E-state index is 0.181. The number of carbonyl (C=O) groups excluding carboxylic acids is 1. The summed E-state index contributed by atoms with van der Waals surface area (Å²) in [6.07, 6.45) is 7.13. The molecular formula is C28H36O3. The highest BCUT2D eigenvalue weighted by atomic mass is 16.5. The molecule has 0 saturated heterocycles. The van der Waals surface area contributed by atoms with E-state index in [4.69, 9.17) is 4.74 Å². The van der Waals surface area contributed by atoms with Crippen LogP contribution in [0, 0.1) is 6.92 Å². The lowest BCUT2D eigenvalue weighted by atomic mass is 9.83. The Hall–Kier alpha value is -2.81. The van der Waals surface area contributed by atoms with Gasteiger partial charge in [-0.3, -0.25) is 0 Å². The van der Waals surface area contributed by atoms with Gasteiger partial charge in [0.2, 0.25) is 0 Å². The van der Waals surface area contributed by atoms with Crippen molar-refractivity contribution < 1.29 is 14.6 Å². The number of aryl methyl sites for hydroxylation is 2. The normalized spacial score (nSPS) is 11.3. The Kier molecular flexibility index (Phi) is 8.27. The first-order valence-electron chi connectivity index (χ1n) is 11.0. The molecule has 2 rings (SSSR count). The molecule has 2 aromatic rings. The zero-order valence-electron chi connectivity index (χ0n) is 19.7. The molecule has 31 heavy (non-hydrogen) atoms. The van der Waals surface area contributed by atoms with Crippen molar-refractivity contribution in [1.82, 2.24) is 0 Å². The number of phenolic OH excluding ortho intramolecular Hbond substituents is 1. The van der Waals surface area contributed by atoms with Crippen molar-refractivity contribution in [1.29, 1.82) is 0 Å². The summed E-state index contributed by atoms with van der Waals surface area (Å²) < 4.78 is 5.73. The van der Waals surface area contributed by atoms with Gasteiger partial charge in [0.05, 0.1) is 0 Å². The SMILES string of the molecule is C=CCc1cc(CCCC)c(OC(=O)C=C)c(Cc2cc(C)cc(C(C)(C)C)c2O)c1. The second-order valence-corrected chi connectivity index (χ2v) is 9.21. The highest BCUT2D eigenvalue weighted by molar-refractivity contribution is 5.84. The van der Waals surface area contributed by atoms with Crippen LogP contribution in [0.1, 0.15) is 73.9 Å². The average molecular weight is 421 g/mol. The van der Waals surface area contributed by atoms with Gasteiger partial charge in [0, 0.05) is 12.5 Å². The predicted molar refractivity (Wildman–Crippen MR) is 129 cm³/mol. The van der Waals surface area contributed by atoms with E-state index in [-0.39, 0.29) is 5.41 Å². The number of benzene rings is 2. The van der Waals surface area contributed by atoms with Crippen molar-refractivity contribution in [2.75, 3.05) is 0 Å². The molecule has 0 heterocycles. The van der Waals surface area contributed by atoms with Crippen molar-refractivity contribution in [3.8, 4) is 11.5 Å². The van der Waals surface area contributed by atoms with Gasteiger partial charge in [-0.15, -0.1) is 6.58 Å². The zero-order valence-corrected chi connectivity index (χ0v) is 19.7. The third-order valence-electron chi connectivity index (χ3n) is 5.37. The fourth-order valence-corrected chi connectivity index (χ4v) is 3.83. The summed E-state index contributed by atoms with van der Waals surface area (Å²) in [7, 11) is 0. The molecule has 0 aromatic heterocycles. The Bertz CT molecular complexity index is 961. The van der Waals surface area contributed by atoms with Crippen molar-refractivity contribution in [2.45, 2.75) is 72.1 Å². The Morgan fingerprint density at radius 2 is 1.77 bits per heavy atom. The Morgan fingerprint density at radius 1 is 1.10 bits per heavy atom. The van der Waals surface area contributed by atoms with Crippen molar-refractivity contribution in [3.05, 3.63) is 83.0 Å². The number of ether oxygens (including phenoxy) is 1. The van der Waals surface area contributed by atoms with Crippen LogP contribution in [-0.4, -0.2) is 11.1 Å². The van der Waals surface area contributed by atoms with Crippen LogP contribution < -0.4 is 4.74 Å². The quantitative estimate of drug-likeness (QED) is 0.211. The van der Waals surface area contributed by atoms with Crippen LogP contribution in [0.2, 0.25) is 0 Å². The van der Waals surface area contributed by atoms with Gasteiger partial charge in [0.25, 0.3) is 0 Å². The Morgan fingerprint density at radius 3 is 2.35 bits per heavy atom. The second kappa shape index (κ2) is 10.5. The van der Waals surface area contributed by atoms with E-state index in [1.54, 1.807) is 0 Å². The maximum atomic E-state index is 12.1. The average Bonchev–Trinajstić information content (AvgIpc) is 2.70. The molecule has 2 aromatic carbocycles. The first kappa shape index (κ1) is 24.5. The van der Waals surface area contributed by atoms with Gasteiger partial charge in [-0.1, -0.05) is 76.6 Å². The highest BCUT2D eigenvalue weighted by Crippen LogP contribution is 2.37. The molecule has 166 valence electrons. The third kappa shape index (κ3) is 6.33. The molecule has 0 amide bonds. The fourth-order valence-electron chi connectivity index (χ4n) is 3.83. The minimum Gasteiger partial charge on any atom is -0.507 e. The number of esters is 1. The Balaban J connectivity index is 2.66. The largest absolute Gasteiger partial charge is 0.507 e. The molecule has 0 aliphatic rings. The van der Waals surface area contributed by atoms with Crippen LogP contribution in [0.3, 0.4) is 0 Å². The summed E-state index contributed by atoms with van der Waals surface area (Å²) in [6, 6.07) is 8.21. The summed E-state index contributed by atoms with van der Waals surface area (Å²) in [5.41, 5.74) is 5.68. The van der Waals surface area contributed by atoms with Crippen LogP contribution in [0.5, 0.6) is 11.5 Å². The number of hydrogen-bond donors (Lipinski definition) is 1. The molecule has 1 N–H and O–H groups in total. The van der Waals surface area contributed by atoms with Crippen LogP contribution in [0.4, 0.5) is 0 Å². The molecule has 3 heteroatoms. The van der Waals surface area contributed by atoms with Gasteiger partial charge in [-0.2, -0.15) is 0 Å². The van der Waals surface area contributed by atoms with Gasteiger partial charge in [0.1, 0.15) is 11.5 Å². The van der Waals surface area contributed by atoms with Crippen LogP contribution in [0.15, 0.2) is 49.6 Å². The molecular weight excluding hydrogens is 384 g/mol. The van der Waals surface area contributed by atoms with Gasteiger partial charge >= 0.3 is 5.97 Å². The number of aromatic hydroxyl groups is 1. The van der Waals surface area contributed by atoms with E-state index in [9.17, 15) is 9.90 Å². The van der Waals surface area contributed by atoms with Crippen molar-refractivity contribution in [3.63, 3.8) is 0 Å². The smallest absolute Gasteiger partial charge is 0.335 e. The van der Waals surface area contributed by atoms with E-state index in [1.165, 1.54) is 6.08 Å². The zero-order chi connectivity index (χ0) is 23.2. The molecule has 0 unspecified atom stereocenters. The van der Waals surface area contributed by atoms with Gasteiger partial charge < -0.3 is 9.84 Å². The second-order valence-electron chi connectivity index (χ2n) is 9.21. The molecule has 0 aliphatic heterocycles. The maximum absolute atomic E-state index is 12.1. The van der Waals surface area contributed by atoms with Crippen LogP contribution in [0.25, 0.3) is 0 Å². The number of phenols is 1. The van der Waals surface area contributed by atoms with Crippen molar-refractivity contribution >= 4 is 5.97 Å². The van der Waals surface area contributed by atoms with Crippen LogP contribution in [-0.2, 0) is 29.5 Å². The van der Waals surface area contributed by atoms with E-state index >= 15 is 0 Å². The minimum atomic E-state index is -0.473. The summed E-state index contributed by atoms with van der Waals surface area (Å²) in [6.45, 7) is 17.9. The monoisotopic (exact) mass is 420 g/mol. The number of hydrogen-bond acceptors (Lipinski definition) is 3. The number of rotatable bonds is 9. The lowest BCUT2D eigenvalue weighted by Gasteiger charge is -2.23. The van der Waals surface area contributed by atoms with Gasteiger partial charge in [-0.25, -0.2) is 4.79 Å². The lowest BCUT2D eigenvalue weighted by molar-refractivity contribution is -0.129. The van der Waals surface area contributed by atoms with E-state index < -0.39 is 5.97 Å². The number of carbonyl (C=O) groups is 1. The van der Waals surface area contributed by atoms with Crippen LogP contribution >= 0.6 is 0 Å². The van der Waals surface area contributed by atoms with E-state index in [0.29, 0.717) is 17.9 Å². The van der Waals surface area contributed by atoms with Gasteiger partial charge in [0.15, 0.2) is 0 Å². The summed E-state index contributed by atoms with van der Waals surface area (Å²) in [4.78, 5) is 12.1. The third-order valence-corrected chi connectivity index (χ3v) is 5.37. The molecule has 0 saturated carbocycles. The molecule has 0 aliphatic carbocycles. The van der Waals surface area contributed by atoms with E-state index in [1.807, 2.05) is 25.1 Å². The number of unbranched alkanes of at least 4 members (excludes halogenated alkanes) is 1. The van der Waals surface area contributed by atoms with E-state index in [2.05, 4.69) is 53.0 Å². The first-order valence-corrected chi connectivity index (χ1v) is 11.0. The molecule has 0 fully saturated rings. The maximum Gasteiger partial charge on any atom is 0.335 e. The topological polar surface area (TPSA) is 46.5 Å². The van der Waals surface area contributed by atoms with Crippen molar-refractivity contribution in [2.24, 2.45) is 0 Å². The van der Waals surface area contributed by atoms with Gasteiger partial charge in [-0.05, 0) is 59.4 Å². The number of allylic oxidation sites excluding steroid dienone is 1. The molecule has 0 atom stereocenters. The standard InChI is InChI=1S/C28H36O3/c1-8-11-13-21-16-20(12-9-2)17-23(27(21)31-25(29)10-3)18-22-14-19(4)15-24(26(22)30)28(5,6)7/h9-10,14-17,30H,2-3,8,11-13,18H2,1,4-7H3. The predicted octanol–water partition coefficient (Wildman–Crippen LogP) is 6.75. The molecule has 0 bridgehead atoms. The summed E-state index contributed by atoms with van der Waals surface area (Å²) >= 11 is 0. The molecule has 0 radical (unpaired) electrons. The summed E-state index contributed by atoms with van der Waals surface area (Å²) in [5, 5.41) is 11.1. The van der Waals surface area contributed by atoms with E-state index in [0.717, 1.165) is 59.1 Å².